The molecule has 1 saturated heterocycles. The standard InChI is InChI=1S/C28H19N3O6S/c1-36-25-16-20(31(34)35)12-14-22(25)24-15-13-21(37-24)17-23-26(32)29(18-8-4-2-5-9-18)28(38)30(27(23)33)19-10-6-3-7-11-19/h2-17H,1H3. The molecule has 0 spiro atoms. The van der Waals surface area contributed by atoms with Gasteiger partial charge in [-0.15, -0.1) is 0 Å². The van der Waals surface area contributed by atoms with Crippen LogP contribution in [0.15, 0.2) is 101 Å². The zero-order chi connectivity index (χ0) is 26.8. The lowest BCUT2D eigenvalue weighted by Gasteiger charge is -2.36. The fourth-order valence-corrected chi connectivity index (χ4v) is 4.43. The van der Waals surface area contributed by atoms with Crippen molar-refractivity contribution in [2.75, 3.05) is 16.9 Å². The first kappa shape index (κ1) is 24.6. The Balaban J connectivity index is 1.57. The van der Waals surface area contributed by atoms with E-state index in [0.29, 0.717) is 22.7 Å². The molecule has 38 heavy (non-hydrogen) atoms. The molecule has 0 atom stereocenters. The third-order valence-electron chi connectivity index (χ3n) is 5.85. The maximum Gasteiger partial charge on any atom is 0.273 e. The van der Waals surface area contributed by atoms with Gasteiger partial charge in [-0.05, 0) is 60.8 Å². The van der Waals surface area contributed by atoms with Crippen molar-refractivity contribution in [1.82, 2.24) is 0 Å². The third-order valence-corrected chi connectivity index (χ3v) is 6.22. The number of nitro groups is 1. The van der Waals surface area contributed by atoms with Crippen molar-refractivity contribution in [2.45, 2.75) is 0 Å². The monoisotopic (exact) mass is 525 g/mol. The van der Waals surface area contributed by atoms with Crippen molar-refractivity contribution < 1.29 is 23.7 Å². The Morgan fingerprint density at radius 2 is 1.45 bits per heavy atom. The van der Waals surface area contributed by atoms with E-state index in [4.69, 9.17) is 21.4 Å². The molecule has 1 fully saturated rings. The van der Waals surface area contributed by atoms with Crippen LogP contribution in [0.2, 0.25) is 0 Å². The van der Waals surface area contributed by atoms with E-state index in [2.05, 4.69) is 0 Å². The van der Waals surface area contributed by atoms with Gasteiger partial charge < -0.3 is 9.15 Å². The number of benzene rings is 3. The van der Waals surface area contributed by atoms with E-state index in [0.717, 1.165) is 0 Å². The molecule has 0 unspecified atom stereocenters. The van der Waals surface area contributed by atoms with Gasteiger partial charge in [0.25, 0.3) is 17.5 Å². The minimum absolute atomic E-state index is 0.0327. The molecule has 0 aliphatic carbocycles. The van der Waals surface area contributed by atoms with Gasteiger partial charge in [-0.3, -0.25) is 29.5 Å². The Bertz CT molecular complexity index is 1530. The van der Waals surface area contributed by atoms with Crippen LogP contribution in [0, 0.1) is 10.1 Å². The maximum absolute atomic E-state index is 13.6. The topological polar surface area (TPSA) is 106 Å². The summed E-state index contributed by atoms with van der Waals surface area (Å²) in [5.74, 6) is -0.373. The van der Waals surface area contributed by atoms with Crippen molar-refractivity contribution in [3.05, 3.63) is 112 Å². The summed E-state index contributed by atoms with van der Waals surface area (Å²) in [4.78, 5) is 40.4. The molecule has 1 aliphatic heterocycles. The van der Waals surface area contributed by atoms with Gasteiger partial charge in [-0.1, -0.05) is 36.4 Å². The number of non-ortho nitro benzene ring substituents is 1. The van der Waals surface area contributed by atoms with Crippen LogP contribution in [0.5, 0.6) is 5.75 Å². The Labute approximate surface area is 222 Å². The van der Waals surface area contributed by atoms with Crippen LogP contribution in [0.25, 0.3) is 17.4 Å². The lowest BCUT2D eigenvalue weighted by molar-refractivity contribution is -0.384. The van der Waals surface area contributed by atoms with Gasteiger partial charge in [0.1, 0.15) is 22.8 Å². The minimum atomic E-state index is -0.593. The normalized spacial score (nSPS) is 13.6. The zero-order valence-corrected chi connectivity index (χ0v) is 20.8. The molecule has 10 heteroatoms. The molecule has 4 aromatic rings. The molecular formula is C28H19N3O6S. The third kappa shape index (κ3) is 4.44. The van der Waals surface area contributed by atoms with Gasteiger partial charge in [-0.2, -0.15) is 0 Å². The number of hydrogen-bond donors (Lipinski definition) is 0. The highest BCUT2D eigenvalue weighted by atomic mass is 32.1. The number of nitrogens with zero attached hydrogens (tertiary/aromatic N) is 3. The van der Waals surface area contributed by atoms with Crippen molar-refractivity contribution in [3.8, 4) is 17.1 Å². The molecule has 5 rings (SSSR count). The summed E-state index contributed by atoms with van der Waals surface area (Å²) in [5.41, 5.74) is 1.22. The molecule has 1 aliphatic rings. The molecular weight excluding hydrogens is 506 g/mol. The summed E-state index contributed by atoms with van der Waals surface area (Å²) >= 11 is 5.61. The van der Waals surface area contributed by atoms with Crippen molar-refractivity contribution >= 4 is 52.3 Å². The van der Waals surface area contributed by atoms with Crippen molar-refractivity contribution in [1.29, 1.82) is 0 Å². The van der Waals surface area contributed by atoms with Crippen molar-refractivity contribution in [2.24, 2.45) is 0 Å². The first-order valence-electron chi connectivity index (χ1n) is 11.4. The predicted octanol–water partition coefficient (Wildman–Crippen LogP) is 5.61. The van der Waals surface area contributed by atoms with Crippen LogP contribution in [-0.2, 0) is 9.59 Å². The molecule has 188 valence electrons. The summed E-state index contributed by atoms with van der Waals surface area (Å²) in [5, 5.41) is 11.2. The number of hydrogen-bond acceptors (Lipinski definition) is 7. The Kier molecular flexibility index (Phi) is 6.55. The quantitative estimate of drug-likeness (QED) is 0.106. The fraction of sp³-hybridized carbons (Fsp3) is 0.0357. The number of carbonyl (C=O) groups excluding carboxylic acids is 2. The number of ether oxygens (including phenoxy) is 1. The van der Waals surface area contributed by atoms with E-state index in [9.17, 15) is 19.7 Å². The second-order valence-corrected chi connectivity index (χ2v) is 8.50. The number of furan rings is 1. The molecule has 0 N–H and O–H groups in total. The minimum Gasteiger partial charge on any atom is -0.496 e. The highest BCUT2D eigenvalue weighted by Crippen LogP contribution is 2.35. The summed E-state index contributed by atoms with van der Waals surface area (Å²) < 4.78 is 11.2. The van der Waals surface area contributed by atoms with Gasteiger partial charge in [-0.25, -0.2) is 0 Å². The number of carbonyl (C=O) groups is 2. The van der Waals surface area contributed by atoms with Gasteiger partial charge in [0, 0.05) is 6.07 Å². The molecule has 3 aromatic carbocycles. The van der Waals surface area contributed by atoms with Crippen LogP contribution >= 0.6 is 12.2 Å². The van der Waals surface area contributed by atoms with E-state index >= 15 is 0 Å². The average molecular weight is 526 g/mol. The number of nitro benzene ring substituents is 1. The lowest BCUT2D eigenvalue weighted by Crippen LogP contribution is -2.56. The Morgan fingerprint density at radius 3 is 1.97 bits per heavy atom. The molecule has 0 saturated carbocycles. The summed E-state index contributed by atoms with van der Waals surface area (Å²) in [6.07, 6.45) is 1.36. The lowest BCUT2D eigenvalue weighted by atomic mass is 10.1. The Morgan fingerprint density at radius 1 is 0.868 bits per heavy atom. The van der Waals surface area contributed by atoms with Crippen LogP contribution in [0.1, 0.15) is 5.76 Å². The largest absolute Gasteiger partial charge is 0.496 e. The van der Waals surface area contributed by atoms with E-state index in [1.165, 1.54) is 41.2 Å². The second-order valence-electron chi connectivity index (χ2n) is 8.14. The SMILES string of the molecule is COc1cc([N+](=O)[O-])ccc1-c1ccc(C=C2C(=O)N(c3ccccc3)C(=S)N(c3ccccc3)C2=O)o1. The maximum atomic E-state index is 13.6. The predicted molar refractivity (Wildman–Crippen MR) is 146 cm³/mol. The molecule has 2 amide bonds. The van der Waals surface area contributed by atoms with Crippen LogP contribution in [0.3, 0.4) is 0 Å². The van der Waals surface area contributed by atoms with E-state index in [1.54, 1.807) is 60.7 Å². The summed E-state index contributed by atoms with van der Waals surface area (Å²) in [6.45, 7) is 0. The number of para-hydroxylation sites is 2. The van der Waals surface area contributed by atoms with Gasteiger partial charge in [0.05, 0.1) is 35.0 Å². The first-order chi connectivity index (χ1) is 18.4. The second kappa shape index (κ2) is 10.1. The van der Waals surface area contributed by atoms with Crippen LogP contribution in [0.4, 0.5) is 17.1 Å². The van der Waals surface area contributed by atoms with E-state index in [-0.39, 0.29) is 27.9 Å². The van der Waals surface area contributed by atoms with Gasteiger partial charge in [0.2, 0.25) is 0 Å². The van der Waals surface area contributed by atoms with Crippen LogP contribution < -0.4 is 14.5 Å². The zero-order valence-electron chi connectivity index (χ0n) is 19.9. The van der Waals surface area contributed by atoms with Gasteiger partial charge >= 0.3 is 0 Å². The Hall–Kier alpha value is -5.09. The fourth-order valence-electron chi connectivity index (χ4n) is 4.05. The molecule has 2 heterocycles. The van der Waals surface area contributed by atoms with Crippen molar-refractivity contribution in [3.63, 3.8) is 0 Å². The first-order valence-corrected chi connectivity index (χ1v) is 11.8. The molecule has 1 aromatic heterocycles. The highest BCUT2D eigenvalue weighted by molar-refractivity contribution is 7.81. The summed E-state index contributed by atoms with van der Waals surface area (Å²) in [6, 6.07) is 25.0. The number of amides is 2. The number of methoxy groups -OCH3 is 1. The average Bonchev–Trinajstić information content (AvgIpc) is 3.40. The highest BCUT2D eigenvalue weighted by Gasteiger charge is 2.41. The number of thiocarbonyl (C=S) groups is 1. The van der Waals surface area contributed by atoms with E-state index < -0.39 is 16.7 Å². The van der Waals surface area contributed by atoms with E-state index in [1.807, 2.05) is 12.1 Å². The van der Waals surface area contributed by atoms with Crippen LogP contribution in [-0.4, -0.2) is 29.0 Å². The number of rotatable bonds is 6. The molecule has 0 bridgehead atoms. The smallest absolute Gasteiger partial charge is 0.273 e. The molecule has 9 nitrogen and oxygen atoms in total. The number of anilines is 2. The van der Waals surface area contributed by atoms with Gasteiger partial charge in [0.15, 0.2) is 5.11 Å². The summed E-state index contributed by atoms with van der Waals surface area (Å²) in [7, 11) is 1.40. The molecule has 0 radical (unpaired) electrons.